The second-order valence-electron chi connectivity index (χ2n) is 4.33. The van der Waals surface area contributed by atoms with Gasteiger partial charge in [0.2, 0.25) is 0 Å². The number of nitrogens with one attached hydrogen (secondary N) is 1. The molecule has 0 amide bonds. The van der Waals surface area contributed by atoms with Gasteiger partial charge in [0.15, 0.2) is 0 Å². The Balaban J connectivity index is 2.04. The van der Waals surface area contributed by atoms with Crippen molar-refractivity contribution in [1.82, 2.24) is 5.32 Å². The molecule has 5 heteroatoms. The van der Waals surface area contributed by atoms with Crippen LogP contribution in [-0.4, -0.2) is 18.6 Å². The van der Waals surface area contributed by atoms with Gasteiger partial charge in [0, 0.05) is 24.2 Å². The number of benzene rings is 1. The summed E-state index contributed by atoms with van der Waals surface area (Å²) >= 11 is 0. The van der Waals surface area contributed by atoms with Crippen molar-refractivity contribution in [2.24, 2.45) is 5.92 Å². The fraction of sp³-hybridized carbons (Fsp3) is 0.500. The Morgan fingerprint density at radius 1 is 1.53 bits per heavy atom. The van der Waals surface area contributed by atoms with Crippen LogP contribution >= 0.6 is 0 Å². The minimum absolute atomic E-state index is 0.106. The summed E-state index contributed by atoms with van der Waals surface area (Å²) in [5, 5.41) is 14.0. The van der Waals surface area contributed by atoms with E-state index < -0.39 is 0 Å². The first-order valence-electron chi connectivity index (χ1n) is 5.72. The number of nitrogens with zero attached hydrogens (tertiary/aromatic N) is 1. The lowest BCUT2D eigenvalue weighted by Gasteiger charge is -2.09. The number of hydrogen-bond acceptors (Lipinski definition) is 4. The van der Waals surface area contributed by atoms with E-state index in [9.17, 15) is 10.1 Å². The molecule has 0 spiro atoms. The third-order valence-electron chi connectivity index (χ3n) is 2.92. The number of non-ortho nitro benzene ring substituents is 1. The standard InChI is InChI=1S/C12H16N2O3/c1-17-12-5-4-11(14(15)16)6-10(12)8-13-7-9-2-3-9/h4-6,9,13H,2-3,7-8H2,1H3. The van der Waals surface area contributed by atoms with Gasteiger partial charge in [-0.25, -0.2) is 0 Å². The quantitative estimate of drug-likeness (QED) is 0.607. The molecular weight excluding hydrogens is 220 g/mol. The van der Waals surface area contributed by atoms with Crippen molar-refractivity contribution in [3.05, 3.63) is 33.9 Å². The van der Waals surface area contributed by atoms with Gasteiger partial charge in [-0.2, -0.15) is 0 Å². The molecular formula is C12H16N2O3. The van der Waals surface area contributed by atoms with Crippen molar-refractivity contribution in [2.75, 3.05) is 13.7 Å². The molecule has 1 aliphatic rings. The van der Waals surface area contributed by atoms with Gasteiger partial charge >= 0.3 is 0 Å². The molecule has 0 atom stereocenters. The van der Waals surface area contributed by atoms with E-state index in [2.05, 4.69) is 5.32 Å². The van der Waals surface area contributed by atoms with Crippen LogP contribution in [0.1, 0.15) is 18.4 Å². The third kappa shape index (κ3) is 3.17. The molecule has 2 rings (SSSR count). The minimum atomic E-state index is -0.385. The van der Waals surface area contributed by atoms with Gasteiger partial charge in [0.25, 0.3) is 5.69 Å². The van der Waals surface area contributed by atoms with Crippen LogP contribution < -0.4 is 10.1 Å². The van der Waals surface area contributed by atoms with Crippen LogP contribution in [-0.2, 0) is 6.54 Å². The zero-order chi connectivity index (χ0) is 12.3. The Morgan fingerprint density at radius 3 is 2.88 bits per heavy atom. The van der Waals surface area contributed by atoms with Crippen LogP contribution in [0.4, 0.5) is 5.69 Å². The molecule has 0 aromatic heterocycles. The zero-order valence-corrected chi connectivity index (χ0v) is 9.81. The summed E-state index contributed by atoms with van der Waals surface area (Å²) in [5.74, 6) is 1.48. The maximum atomic E-state index is 10.7. The van der Waals surface area contributed by atoms with Gasteiger partial charge in [-0.1, -0.05) is 0 Å². The van der Waals surface area contributed by atoms with Gasteiger partial charge in [0.05, 0.1) is 12.0 Å². The summed E-state index contributed by atoms with van der Waals surface area (Å²) in [5.41, 5.74) is 0.941. The highest BCUT2D eigenvalue weighted by molar-refractivity contribution is 5.43. The molecule has 92 valence electrons. The molecule has 1 aromatic rings. The van der Waals surface area contributed by atoms with Crippen LogP contribution in [0.15, 0.2) is 18.2 Å². The second-order valence-corrected chi connectivity index (χ2v) is 4.33. The van der Waals surface area contributed by atoms with Crippen LogP contribution in [0.5, 0.6) is 5.75 Å². The van der Waals surface area contributed by atoms with Crippen molar-refractivity contribution >= 4 is 5.69 Å². The molecule has 0 saturated heterocycles. The molecule has 0 heterocycles. The largest absolute Gasteiger partial charge is 0.496 e. The highest BCUT2D eigenvalue weighted by atomic mass is 16.6. The first-order chi connectivity index (χ1) is 8.20. The van der Waals surface area contributed by atoms with Crippen molar-refractivity contribution in [1.29, 1.82) is 0 Å². The minimum Gasteiger partial charge on any atom is -0.496 e. The highest BCUT2D eigenvalue weighted by Gasteiger charge is 2.20. The van der Waals surface area contributed by atoms with Gasteiger partial charge < -0.3 is 10.1 Å². The number of nitro groups is 1. The van der Waals surface area contributed by atoms with Crippen LogP contribution in [0.3, 0.4) is 0 Å². The molecule has 1 aliphatic carbocycles. The van der Waals surface area contributed by atoms with E-state index in [-0.39, 0.29) is 10.6 Å². The van der Waals surface area contributed by atoms with Crippen LogP contribution in [0.25, 0.3) is 0 Å². The molecule has 1 fully saturated rings. The number of ether oxygens (including phenoxy) is 1. The van der Waals surface area contributed by atoms with Gasteiger partial charge in [-0.15, -0.1) is 0 Å². The average molecular weight is 236 g/mol. The molecule has 0 unspecified atom stereocenters. The Labute approximate surface area is 99.9 Å². The first-order valence-corrected chi connectivity index (χ1v) is 5.72. The number of methoxy groups -OCH3 is 1. The first kappa shape index (κ1) is 11.9. The lowest BCUT2D eigenvalue weighted by Crippen LogP contribution is -2.16. The average Bonchev–Trinajstić information content (AvgIpc) is 3.13. The van der Waals surface area contributed by atoms with Crippen molar-refractivity contribution in [2.45, 2.75) is 19.4 Å². The Hall–Kier alpha value is -1.62. The smallest absolute Gasteiger partial charge is 0.270 e. The van der Waals surface area contributed by atoms with E-state index in [0.717, 1.165) is 18.0 Å². The molecule has 5 nitrogen and oxygen atoms in total. The fourth-order valence-electron chi connectivity index (χ4n) is 1.75. The van der Waals surface area contributed by atoms with Crippen molar-refractivity contribution < 1.29 is 9.66 Å². The summed E-state index contributed by atoms with van der Waals surface area (Å²) < 4.78 is 5.19. The van der Waals surface area contributed by atoms with Crippen LogP contribution in [0, 0.1) is 16.0 Å². The monoisotopic (exact) mass is 236 g/mol. The van der Waals surface area contributed by atoms with E-state index in [1.807, 2.05) is 0 Å². The highest BCUT2D eigenvalue weighted by Crippen LogP contribution is 2.28. The maximum Gasteiger partial charge on any atom is 0.270 e. The number of nitro benzene ring substituents is 1. The zero-order valence-electron chi connectivity index (χ0n) is 9.81. The van der Waals surface area contributed by atoms with Crippen molar-refractivity contribution in [3.63, 3.8) is 0 Å². The summed E-state index contributed by atoms with van der Waals surface area (Å²) in [4.78, 5) is 10.3. The SMILES string of the molecule is COc1ccc([N+](=O)[O-])cc1CNCC1CC1. The second kappa shape index (κ2) is 5.14. The van der Waals surface area contributed by atoms with Crippen LogP contribution in [0.2, 0.25) is 0 Å². The summed E-state index contributed by atoms with van der Waals surface area (Å²) in [6.07, 6.45) is 2.58. The summed E-state index contributed by atoms with van der Waals surface area (Å²) in [7, 11) is 1.57. The lowest BCUT2D eigenvalue weighted by atomic mass is 10.1. The topological polar surface area (TPSA) is 64.4 Å². The van der Waals surface area contributed by atoms with Gasteiger partial charge in [-0.3, -0.25) is 10.1 Å². The van der Waals surface area contributed by atoms with E-state index >= 15 is 0 Å². The molecule has 1 saturated carbocycles. The molecule has 0 radical (unpaired) electrons. The van der Waals surface area contributed by atoms with E-state index in [1.54, 1.807) is 19.2 Å². The third-order valence-corrected chi connectivity index (χ3v) is 2.92. The predicted octanol–water partition coefficient (Wildman–Crippen LogP) is 2.10. The maximum absolute atomic E-state index is 10.7. The van der Waals surface area contributed by atoms with Gasteiger partial charge in [0.1, 0.15) is 5.75 Å². The molecule has 1 aromatic carbocycles. The van der Waals surface area contributed by atoms with E-state index in [4.69, 9.17) is 4.74 Å². The predicted molar refractivity (Wildman–Crippen MR) is 64.1 cm³/mol. The number of rotatable bonds is 6. The van der Waals surface area contributed by atoms with E-state index in [1.165, 1.54) is 18.9 Å². The molecule has 0 bridgehead atoms. The molecule has 1 N–H and O–H groups in total. The Bertz CT molecular complexity index is 416. The Morgan fingerprint density at radius 2 is 2.29 bits per heavy atom. The van der Waals surface area contributed by atoms with E-state index in [0.29, 0.717) is 12.3 Å². The molecule has 17 heavy (non-hydrogen) atoms. The number of hydrogen-bond donors (Lipinski definition) is 1. The molecule has 0 aliphatic heterocycles. The normalized spacial score (nSPS) is 14.6. The van der Waals surface area contributed by atoms with Gasteiger partial charge in [-0.05, 0) is 31.4 Å². The Kier molecular flexibility index (Phi) is 3.58. The fourth-order valence-corrected chi connectivity index (χ4v) is 1.75. The summed E-state index contributed by atoms with van der Waals surface area (Å²) in [6.45, 7) is 1.59. The van der Waals surface area contributed by atoms with Crippen molar-refractivity contribution in [3.8, 4) is 5.75 Å². The summed E-state index contributed by atoms with van der Waals surface area (Å²) in [6, 6.07) is 4.67. The lowest BCUT2D eigenvalue weighted by molar-refractivity contribution is -0.384.